The lowest BCUT2D eigenvalue weighted by molar-refractivity contribution is -0.857. The third-order valence-corrected chi connectivity index (χ3v) is 7.30. The summed E-state index contributed by atoms with van der Waals surface area (Å²) in [7, 11) is 7.30. The quantitative estimate of drug-likeness (QED) is 0.653. The van der Waals surface area contributed by atoms with E-state index >= 15 is 0 Å². The molecule has 160 valence electrons. The number of likely N-dealkylation sites (N-methyl/N-ethyl adjacent to an activating group) is 1. The molecule has 2 saturated carbocycles. The third kappa shape index (κ3) is 2.59. The summed E-state index contributed by atoms with van der Waals surface area (Å²) in [4.78, 5) is 34.9. The first-order chi connectivity index (χ1) is 14.5. The number of fused-ring (bicyclic) bond motifs is 8. The molecule has 2 bridgehead atoms. The molecule has 3 fully saturated rings. The van der Waals surface area contributed by atoms with E-state index in [1.165, 1.54) is 9.80 Å². The molecule has 2 aliphatic carbocycles. The molecule has 5 rings (SSSR count). The average Bonchev–Trinajstić information content (AvgIpc) is 3.47. The Kier molecular flexibility index (Phi) is 4.50. The first-order valence-corrected chi connectivity index (χ1v) is 10.6. The van der Waals surface area contributed by atoms with E-state index < -0.39 is 0 Å². The molecule has 0 radical (unpaired) electrons. The summed E-state index contributed by atoms with van der Waals surface area (Å²) in [6.45, 7) is 1.23. The minimum absolute atomic E-state index is 0.00608. The van der Waals surface area contributed by atoms with Gasteiger partial charge in [0.05, 0.1) is 59.0 Å². The molecular weight excluding hydrogens is 386 g/mol. The highest BCUT2D eigenvalue weighted by atomic mass is 16.6. The summed E-state index contributed by atoms with van der Waals surface area (Å²) in [5, 5.41) is 4.41. The summed E-state index contributed by atoms with van der Waals surface area (Å²) in [5.41, 5.74) is 1.64. The van der Waals surface area contributed by atoms with E-state index in [4.69, 9.17) is 14.3 Å². The number of hydrogen-bond donors (Lipinski definition) is 1. The van der Waals surface area contributed by atoms with Crippen LogP contribution >= 0.6 is 0 Å². The molecule has 1 aromatic rings. The van der Waals surface area contributed by atoms with Gasteiger partial charge in [0, 0.05) is 17.4 Å². The smallest absolute Gasteiger partial charge is 0.233 e. The Morgan fingerprint density at radius 3 is 2.50 bits per heavy atom. The molecule has 8 heteroatoms. The van der Waals surface area contributed by atoms with Crippen molar-refractivity contribution in [3.8, 4) is 11.5 Å². The zero-order chi connectivity index (χ0) is 21.2. The van der Waals surface area contributed by atoms with Crippen molar-refractivity contribution in [1.29, 1.82) is 0 Å². The van der Waals surface area contributed by atoms with Crippen LogP contribution in [0.15, 0.2) is 23.4 Å². The Morgan fingerprint density at radius 2 is 1.83 bits per heavy atom. The molecule has 2 aliphatic heterocycles. The van der Waals surface area contributed by atoms with Crippen molar-refractivity contribution in [3.05, 3.63) is 23.8 Å². The highest BCUT2D eigenvalue weighted by molar-refractivity contribution is 6.09. The number of carbonyl (C=O) groups is 2. The van der Waals surface area contributed by atoms with Gasteiger partial charge >= 0.3 is 0 Å². The van der Waals surface area contributed by atoms with E-state index in [1.807, 2.05) is 32.3 Å². The van der Waals surface area contributed by atoms with E-state index in [2.05, 4.69) is 5.16 Å². The number of quaternary nitrogens is 1. The Morgan fingerprint density at radius 1 is 1.10 bits per heavy atom. The van der Waals surface area contributed by atoms with Gasteiger partial charge in [-0.1, -0.05) is 5.16 Å². The van der Waals surface area contributed by atoms with Crippen LogP contribution in [0.5, 0.6) is 11.5 Å². The molecular formula is C22H28N3O5+. The summed E-state index contributed by atoms with van der Waals surface area (Å²) in [6, 6.07) is 5.60. The number of imide groups is 1. The molecule has 6 atom stereocenters. The monoisotopic (exact) mass is 414 g/mol. The summed E-state index contributed by atoms with van der Waals surface area (Å²) in [5.74, 6) is 0.950. The number of nitrogens with zero attached hydrogens (tertiary/aromatic N) is 2. The molecule has 1 N–H and O–H groups in total. The van der Waals surface area contributed by atoms with Gasteiger partial charge < -0.3 is 19.2 Å². The molecule has 8 nitrogen and oxygen atoms in total. The van der Waals surface area contributed by atoms with Crippen LogP contribution in [-0.2, 0) is 14.4 Å². The van der Waals surface area contributed by atoms with Crippen LogP contribution in [0.2, 0.25) is 0 Å². The number of benzene rings is 1. The normalized spacial score (nSPS) is 33.6. The van der Waals surface area contributed by atoms with E-state index in [-0.39, 0.29) is 47.5 Å². The number of carbonyl (C=O) groups excluding carboxylic acids is 2. The largest absolute Gasteiger partial charge is 0.497 e. The number of oxime groups is 1. The van der Waals surface area contributed by atoms with Crippen molar-refractivity contribution in [3.63, 3.8) is 0 Å². The molecule has 4 aliphatic rings. The van der Waals surface area contributed by atoms with Crippen LogP contribution in [0.4, 0.5) is 0 Å². The molecule has 0 spiro atoms. The van der Waals surface area contributed by atoms with Crippen molar-refractivity contribution in [1.82, 2.24) is 4.90 Å². The summed E-state index contributed by atoms with van der Waals surface area (Å²) >= 11 is 0. The van der Waals surface area contributed by atoms with Crippen molar-refractivity contribution in [2.75, 3.05) is 41.4 Å². The first-order valence-electron chi connectivity index (χ1n) is 10.6. The number of hydrogen-bond acceptors (Lipinski definition) is 6. The van der Waals surface area contributed by atoms with E-state index in [0.29, 0.717) is 18.0 Å². The highest BCUT2D eigenvalue weighted by Crippen LogP contribution is 2.61. The number of nitrogens with one attached hydrogen (secondary N) is 1. The van der Waals surface area contributed by atoms with Gasteiger partial charge in [0.2, 0.25) is 11.8 Å². The predicted octanol–water partition coefficient (Wildman–Crippen LogP) is -0.182. The summed E-state index contributed by atoms with van der Waals surface area (Å²) < 4.78 is 10.9. The van der Waals surface area contributed by atoms with E-state index in [9.17, 15) is 9.59 Å². The maximum absolute atomic E-state index is 13.2. The standard InChI is InChI=1S/C22H27N3O5/c1-24(2)7-8-25-21(26)16-13-10-14(17(16)22(25)27)20-18(13)19(23-30-20)12-9-11(28-3)5-6-15(12)29-4/h5-6,9,13-14,16-18,20H,7-8,10H2,1-4H3/p+1/t13-,14+,16-,17+,18-,20-/m1/s1. The Labute approximate surface area is 175 Å². The SMILES string of the molecule is COc1ccc(OC)c(C2=NO[C@@H]3[C@H]4C[C@H]([C@H]5C(=O)N(CC[NH+](C)C)C(=O)[C@@H]45)[C@H]23)c1. The fraction of sp³-hybridized carbons (Fsp3) is 0.591. The van der Waals surface area contributed by atoms with Gasteiger partial charge in [-0.2, -0.15) is 0 Å². The predicted molar refractivity (Wildman–Crippen MR) is 107 cm³/mol. The summed E-state index contributed by atoms with van der Waals surface area (Å²) in [6.07, 6.45) is 0.679. The Bertz CT molecular complexity index is 929. The molecule has 0 aromatic heterocycles. The molecule has 2 amide bonds. The van der Waals surface area contributed by atoms with Gasteiger partial charge in [-0.15, -0.1) is 0 Å². The second-order valence-electron chi connectivity index (χ2n) is 9.04. The minimum atomic E-state index is -0.261. The van der Waals surface area contributed by atoms with Crippen molar-refractivity contribution in [2.24, 2.45) is 34.7 Å². The van der Waals surface area contributed by atoms with Crippen LogP contribution in [0.25, 0.3) is 0 Å². The third-order valence-electron chi connectivity index (χ3n) is 7.30. The van der Waals surface area contributed by atoms with Crippen LogP contribution in [-0.4, -0.2) is 69.9 Å². The lowest BCUT2D eigenvalue weighted by Gasteiger charge is -2.30. The highest BCUT2D eigenvalue weighted by Gasteiger charge is 2.70. The molecule has 1 saturated heterocycles. The second kappa shape index (κ2) is 6.97. The number of methoxy groups -OCH3 is 2. The number of ether oxygens (including phenoxy) is 2. The van der Waals surface area contributed by atoms with Crippen molar-refractivity contribution >= 4 is 17.5 Å². The average molecular weight is 414 g/mol. The van der Waals surface area contributed by atoms with Crippen molar-refractivity contribution < 1.29 is 28.8 Å². The fourth-order valence-corrected chi connectivity index (χ4v) is 5.98. The van der Waals surface area contributed by atoms with Gasteiger partial charge in [0.1, 0.15) is 17.6 Å². The van der Waals surface area contributed by atoms with Crippen LogP contribution in [0.3, 0.4) is 0 Å². The second-order valence-corrected chi connectivity index (χ2v) is 9.04. The zero-order valence-electron chi connectivity index (χ0n) is 17.8. The van der Waals surface area contributed by atoms with Crippen LogP contribution in [0.1, 0.15) is 12.0 Å². The maximum Gasteiger partial charge on any atom is 0.233 e. The van der Waals surface area contributed by atoms with Gasteiger partial charge in [-0.25, -0.2) is 0 Å². The van der Waals surface area contributed by atoms with E-state index in [1.54, 1.807) is 14.2 Å². The number of rotatable bonds is 6. The van der Waals surface area contributed by atoms with Gasteiger partial charge in [-0.3, -0.25) is 14.5 Å². The Balaban J connectivity index is 1.45. The lowest BCUT2D eigenvalue weighted by Crippen LogP contribution is -3.06. The number of likely N-dealkylation sites (tertiary alicyclic amines) is 1. The fourth-order valence-electron chi connectivity index (χ4n) is 5.98. The maximum atomic E-state index is 13.2. The topological polar surface area (TPSA) is 81.9 Å². The van der Waals surface area contributed by atoms with E-state index in [0.717, 1.165) is 24.2 Å². The van der Waals surface area contributed by atoms with Crippen molar-refractivity contribution in [2.45, 2.75) is 12.5 Å². The molecule has 0 unspecified atom stereocenters. The molecule has 30 heavy (non-hydrogen) atoms. The molecule has 2 heterocycles. The van der Waals surface area contributed by atoms with Crippen LogP contribution < -0.4 is 14.4 Å². The van der Waals surface area contributed by atoms with Gasteiger partial charge in [0.15, 0.2) is 0 Å². The van der Waals surface area contributed by atoms with Crippen LogP contribution in [0, 0.1) is 29.6 Å². The zero-order valence-corrected chi connectivity index (χ0v) is 17.8. The Hall–Kier alpha value is -2.61. The number of amides is 2. The first kappa shape index (κ1) is 19.4. The van der Waals surface area contributed by atoms with Gasteiger partial charge in [-0.05, 0) is 30.5 Å². The minimum Gasteiger partial charge on any atom is -0.497 e. The molecule has 1 aromatic carbocycles. The lowest BCUT2D eigenvalue weighted by atomic mass is 9.71. The van der Waals surface area contributed by atoms with Gasteiger partial charge in [0.25, 0.3) is 0 Å².